The molecule has 15 heavy (non-hydrogen) atoms. The molecule has 1 atom stereocenters. The van der Waals surface area contributed by atoms with Crippen molar-refractivity contribution in [2.75, 3.05) is 0 Å². The fourth-order valence-corrected chi connectivity index (χ4v) is 2.14. The summed E-state index contributed by atoms with van der Waals surface area (Å²) >= 11 is 0. The first-order valence-electron chi connectivity index (χ1n) is 5.83. The molecule has 1 aliphatic carbocycles. The first-order chi connectivity index (χ1) is 7.24. The van der Waals surface area contributed by atoms with Crippen LogP contribution in [-0.4, -0.2) is 15.6 Å². The van der Waals surface area contributed by atoms with Gasteiger partial charge in [0.15, 0.2) is 5.78 Å². The Balaban J connectivity index is 2.39. The quantitative estimate of drug-likeness (QED) is 0.697. The number of rotatable bonds is 2. The summed E-state index contributed by atoms with van der Waals surface area (Å²) in [5.74, 6) is 0.275. The maximum atomic E-state index is 11.8. The van der Waals surface area contributed by atoms with Gasteiger partial charge in [0, 0.05) is 18.2 Å². The second-order valence-corrected chi connectivity index (χ2v) is 4.34. The number of hydrogen-bond acceptors (Lipinski definition) is 2. The van der Waals surface area contributed by atoms with Crippen LogP contribution in [0.3, 0.4) is 0 Å². The average molecular weight is 206 g/mol. The first kappa shape index (κ1) is 10.4. The van der Waals surface area contributed by atoms with Gasteiger partial charge in [0.1, 0.15) is 0 Å². The molecule has 0 aliphatic heterocycles. The lowest BCUT2D eigenvalue weighted by Gasteiger charge is -2.13. The van der Waals surface area contributed by atoms with Crippen LogP contribution >= 0.6 is 0 Å². The zero-order chi connectivity index (χ0) is 10.8. The molecule has 0 bridgehead atoms. The van der Waals surface area contributed by atoms with Gasteiger partial charge in [-0.15, -0.1) is 0 Å². The van der Waals surface area contributed by atoms with Crippen molar-refractivity contribution in [2.24, 2.45) is 0 Å². The van der Waals surface area contributed by atoms with Gasteiger partial charge < -0.3 is 0 Å². The third kappa shape index (κ3) is 1.83. The largest absolute Gasteiger partial charge is 0.294 e. The van der Waals surface area contributed by atoms with Gasteiger partial charge in [0.05, 0.1) is 11.8 Å². The van der Waals surface area contributed by atoms with Gasteiger partial charge in [-0.05, 0) is 32.6 Å². The summed E-state index contributed by atoms with van der Waals surface area (Å²) in [7, 11) is 0. The summed E-state index contributed by atoms with van der Waals surface area (Å²) in [6.07, 6.45) is 6.65. The number of carbonyl (C=O) groups is 1. The minimum absolute atomic E-state index is 0.275. The van der Waals surface area contributed by atoms with Gasteiger partial charge in [-0.3, -0.25) is 9.48 Å². The molecule has 0 N–H and O–H groups in total. The lowest BCUT2D eigenvalue weighted by atomic mass is 10.1. The van der Waals surface area contributed by atoms with E-state index in [4.69, 9.17) is 0 Å². The van der Waals surface area contributed by atoms with Crippen LogP contribution in [0.1, 0.15) is 61.6 Å². The maximum Gasteiger partial charge on any atom is 0.166 e. The summed E-state index contributed by atoms with van der Waals surface area (Å²) in [6.45, 7) is 4.31. The van der Waals surface area contributed by atoms with E-state index in [-0.39, 0.29) is 5.78 Å². The number of Topliss-reactive ketones (excluding diaryl/α,β-unsaturated/α-hetero) is 1. The second kappa shape index (κ2) is 4.17. The summed E-state index contributed by atoms with van der Waals surface area (Å²) in [6, 6.07) is 0.402. The number of fused-ring (bicyclic) bond motifs is 1. The van der Waals surface area contributed by atoms with Crippen LogP contribution in [0.2, 0.25) is 0 Å². The normalized spacial score (nSPS) is 18.4. The zero-order valence-electron chi connectivity index (χ0n) is 9.49. The van der Waals surface area contributed by atoms with Crippen LogP contribution in [0.4, 0.5) is 0 Å². The SMILES string of the molecule is CCC(C)n1ncc2c1CCCCC2=O. The Hall–Kier alpha value is -1.12. The fourth-order valence-electron chi connectivity index (χ4n) is 2.14. The maximum absolute atomic E-state index is 11.8. The molecule has 1 unspecified atom stereocenters. The van der Waals surface area contributed by atoms with E-state index < -0.39 is 0 Å². The predicted octanol–water partition coefficient (Wildman–Crippen LogP) is 2.76. The highest BCUT2D eigenvalue weighted by Gasteiger charge is 2.21. The summed E-state index contributed by atoms with van der Waals surface area (Å²) < 4.78 is 2.04. The second-order valence-electron chi connectivity index (χ2n) is 4.34. The van der Waals surface area contributed by atoms with Crippen molar-refractivity contribution in [3.05, 3.63) is 17.5 Å². The lowest BCUT2D eigenvalue weighted by molar-refractivity contribution is 0.0982. The van der Waals surface area contributed by atoms with E-state index in [9.17, 15) is 4.79 Å². The molecule has 0 radical (unpaired) electrons. The lowest BCUT2D eigenvalue weighted by Crippen LogP contribution is -2.10. The van der Waals surface area contributed by atoms with Crippen molar-refractivity contribution in [3.63, 3.8) is 0 Å². The Morgan fingerprint density at radius 3 is 2.93 bits per heavy atom. The van der Waals surface area contributed by atoms with Crippen molar-refractivity contribution in [1.29, 1.82) is 0 Å². The van der Waals surface area contributed by atoms with Crippen LogP contribution in [0.15, 0.2) is 6.20 Å². The summed E-state index contributed by atoms with van der Waals surface area (Å²) in [4.78, 5) is 11.8. The monoisotopic (exact) mass is 206 g/mol. The Kier molecular flexibility index (Phi) is 2.89. The standard InChI is InChI=1S/C12H18N2O/c1-3-9(2)14-11-6-4-5-7-12(15)10(11)8-13-14/h8-9H,3-7H2,1-2H3. The highest BCUT2D eigenvalue weighted by atomic mass is 16.1. The molecule has 1 aliphatic rings. The molecule has 0 spiro atoms. The molecular weight excluding hydrogens is 188 g/mol. The van der Waals surface area contributed by atoms with Gasteiger partial charge >= 0.3 is 0 Å². The molecule has 2 rings (SSSR count). The highest BCUT2D eigenvalue weighted by molar-refractivity contribution is 5.97. The molecule has 3 heteroatoms. The molecule has 1 heterocycles. The fraction of sp³-hybridized carbons (Fsp3) is 0.667. The van der Waals surface area contributed by atoms with Crippen LogP contribution in [-0.2, 0) is 6.42 Å². The number of aromatic nitrogens is 2. The van der Waals surface area contributed by atoms with Crippen LogP contribution in [0.5, 0.6) is 0 Å². The number of ketones is 1. The number of nitrogens with zero attached hydrogens (tertiary/aromatic N) is 2. The third-order valence-electron chi connectivity index (χ3n) is 3.27. The number of carbonyl (C=O) groups excluding carboxylic acids is 1. The Bertz CT molecular complexity index is 368. The molecule has 1 aromatic rings. The summed E-state index contributed by atoms with van der Waals surface area (Å²) in [5.41, 5.74) is 2.03. The van der Waals surface area contributed by atoms with E-state index in [1.54, 1.807) is 6.20 Å². The van der Waals surface area contributed by atoms with Crippen molar-refractivity contribution in [3.8, 4) is 0 Å². The summed E-state index contributed by atoms with van der Waals surface area (Å²) in [5, 5.41) is 4.36. The topological polar surface area (TPSA) is 34.9 Å². The van der Waals surface area contributed by atoms with Crippen LogP contribution < -0.4 is 0 Å². The van der Waals surface area contributed by atoms with E-state index in [2.05, 4.69) is 18.9 Å². The van der Waals surface area contributed by atoms with E-state index in [1.807, 2.05) is 4.68 Å². The molecule has 0 fully saturated rings. The molecule has 0 aromatic carbocycles. The molecule has 82 valence electrons. The van der Waals surface area contributed by atoms with Crippen LogP contribution in [0, 0.1) is 0 Å². The average Bonchev–Trinajstić information content (AvgIpc) is 2.58. The van der Waals surface area contributed by atoms with Crippen molar-refractivity contribution in [2.45, 2.75) is 52.0 Å². The third-order valence-corrected chi connectivity index (χ3v) is 3.27. The van der Waals surface area contributed by atoms with E-state index in [1.165, 1.54) is 0 Å². The first-order valence-corrected chi connectivity index (χ1v) is 5.83. The molecular formula is C12H18N2O. The molecule has 0 amide bonds. The smallest absolute Gasteiger partial charge is 0.166 e. The van der Waals surface area contributed by atoms with Gasteiger partial charge in [0.25, 0.3) is 0 Å². The van der Waals surface area contributed by atoms with Crippen molar-refractivity contribution in [1.82, 2.24) is 9.78 Å². The molecule has 0 saturated heterocycles. The minimum Gasteiger partial charge on any atom is -0.294 e. The number of hydrogen-bond donors (Lipinski definition) is 0. The van der Waals surface area contributed by atoms with Gasteiger partial charge in [-0.1, -0.05) is 6.92 Å². The van der Waals surface area contributed by atoms with E-state index in [0.29, 0.717) is 12.5 Å². The van der Waals surface area contributed by atoms with Crippen molar-refractivity contribution < 1.29 is 4.79 Å². The van der Waals surface area contributed by atoms with Gasteiger partial charge in [0.2, 0.25) is 0 Å². The van der Waals surface area contributed by atoms with E-state index >= 15 is 0 Å². The zero-order valence-corrected chi connectivity index (χ0v) is 9.49. The Labute approximate surface area is 90.5 Å². The van der Waals surface area contributed by atoms with Gasteiger partial charge in [-0.2, -0.15) is 5.10 Å². The highest BCUT2D eigenvalue weighted by Crippen LogP contribution is 2.23. The molecule has 0 saturated carbocycles. The van der Waals surface area contributed by atoms with Crippen molar-refractivity contribution >= 4 is 5.78 Å². The predicted molar refractivity (Wildman–Crippen MR) is 59.1 cm³/mol. The molecule has 3 nitrogen and oxygen atoms in total. The minimum atomic E-state index is 0.275. The Morgan fingerprint density at radius 1 is 1.47 bits per heavy atom. The van der Waals surface area contributed by atoms with E-state index in [0.717, 1.165) is 36.9 Å². The van der Waals surface area contributed by atoms with Crippen LogP contribution in [0.25, 0.3) is 0 Å². The van der Waals surface area contributed by atoms with Gasteiger partial charge in [-0.25, -0.2) is 0 Å². The Morgan fingerprint density at radius 2 is 2.20 bits per heavy atom. The molecule has 1 aromatic heterocycles.